The third-order valence-electron chi connectivity index (χ3n) is 4.08. The zero-order valence-corrected chi connectivity index (χ0v) is 17.2. The summed E-state index contributed by atoms with van der Waals surface area (Å²) in [5.74, 6) is -8.36. The molecule has 14 heteroatoms. The fraction of sp³-hybridized carbons (Fsp3) is 0.647. The smallest absolute Gasteiger partial charge is 0.326 e. The molecule has 0 saturated heterocycles. The molecule has 0 radical (unpaired) electrons. The van der Waals surface area contributed by atoms with Gasteiger partial charge >= 0.3 is 17.9 Å². The van der Waals surface area contributed by atoms with Gasteiger partial charge in [0.15, 0.2) is 0 Å². The molecule has 0 rings (SSSR count). The molecule has 9 N–H and O–H groups in total. The van der Waals surface area contributed by atoms with Gasteiger partial charge in [-0.2, -0.15) is 0 Å². The Labute approximate surface area is 177 Å². The lowest BCUT2D eigenvalue weighted by Gasteiger charge is -2.25. The van der Waals surface area contributed by atoms with E-state index in [1.165, 1.54) is 20.8 Å². The lowest BCUT2D eigenvalue weighted by Crippen LogP contribution is -2.59. The summed E-state index contributed by atoms with van der Waals surface area (Å²) in [7, 11) is 0. The third kappa shape index (κ3) is 9.86. The molecule has 3 amide bonds. The highest BCUT2D eigenvalue weighted by molar-refractivity contribution is 5.96. The van der Waals surface area contributed by atoms with E-state index in [-0.39, 0.29) is 0 Å². The maximum atomic E-state index is 12.5. The number of hydrogen-bond donors (Lipinski definition) is 8. The van der Waals surface area contributed by atoms with Gasteiger partial charge in [0.05, 0.1) is 18.9 Å². The summed E-state index contributed by atoms with van der Waals surface area (Å²) in [6, 6.07) is -6.37. The standard InChI is InChI=1S/C17H28N4O10/c1-6(2)13(17(30)31)21-15(28)9(5-11(25)26)19-14(27)8(4-10(23)24)20-16(29)12(18)7(3)22/h6-9,12-13,22H,4-5,18H2,1-3H3,(H,19,27)(H,20,29)(H,21,28)(H,23,24)(H,25,26)(H,30,31). The molecule has 0 aliphatic rings. The molecule has 0 aliphatic carbocycles. The van der Waals surface area contributed by atoms with E-state index in [9.17, 15) is 33.9 Å². The van der Waals surface area contributed by atoms with Crippen molar-refractivity contribution in [3.05, 3.63) is 0 Å². The van der Waals surface area contributed by atoms with Crippen LogP contribution in [0.4, 0.5) is 0 Å². The third-order valence-corrected chi connectivity index (χ3v) is 4.08. The molecular formula is C17H28N4O10. The number of aliphatic carboxylic acids is 3. The number of aliphatic hydroxyl groups excluding tert-OH is 1. The number of carbonyl (C=O) groups is 6. The first-order valence-electron chi connectivity index (χ1n) is 9.18. The van der Waals surface area contributed by atoms with E-state index in [0.29, 0.717) is 0 Å². The summed E-state index contributed by atoms with van der Waals surface area (Å²) >= 11 is 0. The Morgan fingerprint density at radius 2 is 1.13 bits per heavy atom. The Bertz CT molecular complexity index is 709. The van der Waals surface area contributed by atoms with E-state index >= 15 is 0 Å². The van der Waals surface area contributed by atoms with E-state index in [0.717, 1.165) is 0 Å². The highest BCUT2D eigenvalue weighted by atomic mass is 16.4. The highest BCUT2D eigenvalue weighted by Crippen LogP contribution is 2.05. The second-order valence-electron chi connectivity index (χ2n) is 7.15. The van der Waals surface area contributed by atoms with Crippen LogP contribution in [0.2, 0.25) is 0 Å². The Morgan fingerprint density at radius 1 is 0.742 bits per heavy atom. The maximum Gasteiger partial charge on any atom is 0.326 e. The van der Waals surface area contributed by atoms with E-state index in [4.69, 9.17) is 21.1 Å². The van der Waals surface area contributed by atoms with Gasteiger partial charge in [0.25, 0.3) is 0 Å². The first kappa shape index (κ1) is 27.7. The fourth-order valence-electron chi connectivity index (χ4n) is 2.29. The van der Waals surface area contributed by atoms with Gasteiger partial charge in [-0.15, -0.1) is 0 Å². The number of nitrogens with two attached hydrogens (primary N) is 1. The van der Waals surface area contributed by atoms with Crippen molar-refractivity contribution in [3.63, 3.8) is 0 Å². The summed E-state index contributed by atoms with van der Waals surface area (Å²) in [5.41, 5.74) is 5.43. The van der Waals surface area contributed by atoms with Crippen molar-refractivity contribution in [3.8, 4) is 0 Å². The number of carboxylic acids is 3. The van der Waals surface area contributed by atoms with Gasteiger partial charge in [-0.3, -0.25) is 24.0 Å². The van der Waals surface area contributed by atoms with Crippen molar-refractivity contribution in [2.45, 2.75) is 63.9 Å². The number of rotatable bonds is 13. The van der Waals surface area contributed by atoms with Crippen molar-refractivity contribution in [2.24, 2.45) is 11.7 Å². The normalized spacial score (nSPS) is 15.7. The molecule has 0 fully saturated rings. The predicted octanol–water partition coefficient (Wildman–Crippen LogP) is -3.16. The topological polar surface area (TPSA) is 245 Å². The second kappa shape index (κ2) is 12.4. The van der Waals surface area contributed by atoms with Crippen molar-refractivity contribution in [2.75, 3.05) is 0 Å². The maximum absolute atomic E-state index is 12.5. The lowest BCUT2D eigenvalue weighted by atomic mass is 10.0. The highest BCUT2D eigenvalue weighted by Gasteiger charge is 2.33. The van der Waals surface area contributed by atoms with Crippen LogP contribution >= 0.6 is 0 Å². The minimum absolute atomic E-state index is 0.566. The van der Waals surface area contributed by atoms with Gasteiger partial charge in [-0.05, 0) is 12.8 Å². The van der Waals surface area contributed by atoms with Crippen molar-refractivity contribution in [1.82, 2.24) is 16.0 Å². The molecule has 5 unspecified atom stereocenters. The minimum atomic E-state index is -1.76. The Kier molecular flexibility index (Phi) is 11.1. The summed E-state index contributed by atoms with van der Waals surface area (Å²) in [4.78, 5) is 70.2. The van der Waals surface area contributed by atoms with E-state index in [1.807, 2.05) is 10.6 Å². The summed E-state index contributed by atoms with van der Waals surface area (Å²) < 4.78 is 0. The van der Waals surface area contributed by atoms with Crippen LogP contribution in [0.25, 0.3) is 0 Å². The van der Waals surface area contributed by atoms with E-state index in [2.05, 4.69) is 5.32 Å². The van der Waals surface area contributed by atoms with Crippen LogP contribution in [0, 0.1) is 5.92 Å². The van der Waals surface area contributed by atoms with Gasteiger partial charge < -0.3 is 42.1 Å². The summed E-state index contributed by atoms with van der Waals surface area (Å²) in [5, 5.41) is 42.6. The van der Waals surface area contributed by atoms with Crippen LogP contribution in [-0.2, 0) is 28.8 Å². The predicted molar refractivity (Wildman–Crippen MR) is 102 cm³/mol. The molecule has 0 saturated carbocycles. The Hall–Kier alpha value is -3.26. The number of carboxylic acid groups (broad SMARTS) is 3. The summed E-state index contributed by atoms with van der Waals surface area (Å²) in [6.45, 7) is 4.18. The van der Waals surface area contributed by atoms with Crippen molar-refractivity contribution >= 4 is 35.6 Å². The molecule has 31 heavy (non-hydrogen) atoms. The van der Waals surface area contributed by atoms with Gasteiger partial charge in [0.1, 0.15) is 24.2 Å². The number of carbonyl (C=O) groups excluding carboxylic acids is 3. The van der Waals surface area contributed by atoms with Crippen molar-refractivity contribution in [1.29, 1.82) is 0 Å². The fourth-order valence-corrected chi connectivity index (χ4v) is 2.29. The van der Waals surface area contributed by atoms with E-state index < -0.39 is 84.7 Å². The van der Waals surface area contributed by atoms with Crippen molar-refractivity contribution < 1.29 is 49.2 Å². The van der Waals surface area contributed by atoms with Crippen LogP contribution in [0.3, 0.4) is 0 Å². The second-order valence-corrected chi connectivity index (χ2v) is 7.15. The lowest BCUT2D eigenvalue weighted by molar-refractivity contribution is -0.145. The molecule has 0 aromatic rings. The Balaban J connectivity index is 5.56. The first-order chi connectivity index (χ1) is 14.2. The quantitative estimate of drug-likeness (QED) is 0.140. The van der Waals surface area contributed by atoms with Crippen LogP contribution < -0.4 is 21.7 Å². The number of hydrogen-bond acceptors (Lipinski definition) is 8. The molecule has 0 aromatic carbocycles. The van der Waals surface area contributed by atoms with Crippen LogP contribution in [0.1, 0.15) is 33.6 Å². The molecule has 0 heterocycles. The number of aliphatic hydroxyl groups is 1. The summed E-state index contributed by atoms with van der Waals surface area (Å²) in [6.07, 6.45) is -3.19. The monoisotopic (exact) mass is 448 g/mol. The SMILES string of the molecule is CC(C)C(NC(=O)C(CC(=O)O)NC(=O)C(CC(=O)O)NC(=O)C(N)C(C)O)C(=O)O. The molecular weight excluding hydrogens is 420 g/mol. The average molecular weight is 448 g/mol. The van der Waals surface area contributed by atoms with E-state index in [1.54, 1.807) is 0 Å². The first-order valence-corrected chi connectivity index (χ1v) is 9.18. The zero-order valence-electron chi connectivity index (χ0n) is 17.2. The van der Waals surface area contributed by atoms with Gasteiger partial charge in [-0.25, -0.2) is 4.79 Å². The number of amides is 3. The van der Waals surface area contributed by atoms with Gasteiger partial charge in [0, 0.05) is 0 Å². The van der Waals surface area contributed by atoms with Gasteiger partial charge in [0.2, 0.25) is 17.7 Å². The minimum Gasteiger partial charge on any atom is -0.481 e. The average Bonchev–Trinajstić information content (AvgIpc) is 2.62. The molecule has 0 aromatic heterocycles. The van der Waals surface area contributed by atoms with Crippen LogP contribution in [0.5, 0.6) is 0 Å². The zero-order chi connectivity index (χ0) is 24.5. The van der Waals surface area contributed by atoms with Crippen LogP contribution in [-0.4, -0.2) is 86.3 Å². The molecule has 0 aliphatic heterocycles. The molecule has 5 atom stereocenters. The molecule has 0 spiro atoms. The largest absolute Gasteiger partial charge is 0.481 e. The molecule has 176 valence electrons. The van der Waals surface area contributed by atoms with Crippen LogP contribution in [0.15, 0.2) is 0 Å². The number of nitrogens with one attached hydrogen (secondary N) is 3. The molecule has 0 bridgehead atoms. The molecule has 14 nitrogen and oxygen atoms in total. The van der Waals surface area contributed by atoms with Gasteiger partial charge in [-0.1, -0.05) is 13.8 Å². The Morgan fingerprint density at radius 3 is 1.45 bits per heavy atom.